The van der Waals surface area contributed by atoms with E-state index in [2.05, 4.69) is 48.4 Å². The lowest BCUT2D eigenvalue weighted by Crippen LogP contribution is -2.46. The normalized spacial score (nSPS) is 24.8. The monoisotopic (exact) mass is 565 g/mol. The molecule has 2 aromatic carbocycles. The smallest absolute Gasteiger partial charge is 0.303 e. The molecule has 1 aliphatic carbocycles. The second kappa shape index (κ2) is 17.4. The first-order valence-corrected chi connectivity index (χ1v) is 15.2. The van der Waals surface area contributed by atoms with E-state index in [4.69, 9.17) is 24.1 Å². The molecule has 224 valence electrons. The van der Waals surface area contributed by atoms with Crippen molar-refractivity contribution in [2.75, 3.05) is 26.8 Å². The zero-order chi connectivity index (χ0) is 28.7. The van der Waals surface area contributed by atoms with E-state index < -0.39 is 5.97 Å². The average Bonchev–Trinajstić information content (AvgIpc) is 3.34. The summed E-state index contributed by atoms with van der Waals surface area (Å²) in [6.45, 7) is 3.32. The molecule has 0 amide bonds. The van der Waals surface area contributed by atoms with E-state index in [9.17, 15) is 4.79 Å². The number of carboxylic acid groups (broad SMARTS) is 1. The van der Waals surface area contributed by atoms with Crippen LogP contribution in [-0.2, 0) is 37.0 Å². The Hall–Kier alpha value is -2.55. The van der Waals surface area contributed by atoms with E-state index in [0.717, 1.165) is 57.2 Å². The van der Waals surface area contributed by atoms with Crippen LogP contribution in [0.4, 0.5) is 0 Å². The van der Waals surface area contributed by atoms with E-state index >= 15 is 0 Å². The second-order valence-corrected chi connectivity index (χ2v) is 11.2. The fraction of sp³-hybridized carbons (Fsp3) is 0.559. The van der Waals surface area contributed by atoms with Crippen molar-refractivity contribution in [3.8, 4) is 0 Å². The summed E-state index contributed by atoms with van der Waals surface area (Å²) in [5, 5.41) is 8.96. The highest BCUT2D eigenvalue weighted by molar-refractivity contribution is 5.66. The lowest BCUT2D eigenvalue weighted by atomic mass is 9.95. The average molecular weight is 566 g/mol. The van der Waals surface area contributed by atoms with Crippen molar-refractivity contribution < 1.29 is 28.8 Å². The number of hydrogen-bond donors (Lipinski definition) is 1. The maximum absolute atomic E-state index is 10.9. The zero-order valence-electron chi connectivity index (χ0n) is 24.4. The van der Waals surface area contributed by atoms with Crippen LogP contribution >= 0.6 is 0 Å². The Kier molecular flexibility index (Phi) is 13.3. The number of likely N-dealkylation sites (N-methyl/N-ethyl adjacent to an activating group) is 1. The number of ether oxygens (including phenoxy) is 4. The number of rotatable bonds is 17. The van der Waals surface area contributed by atoms with Gasteiger partial charge in [-0.05, 0) is 56.7 Å². The fourth-order valence-electron chi connectivity index (χ4n) is 5.92. The Bertz CT molecular complexity index is 1030. The van der Waals surface area contributed by atoms with Gasteiger partial charge in [0.05, 0.1) is 32.0 Å². The number of benzene rings is 2. The molecule has 1 unspecified atom stereocenters. The molecule has 1 saturated heterocycles. The maximum Gasteiger partial charge on any atom is 0.303 e. The lowest BCUT2D eigenvalue weighted by molar-refractivity contribution is -0.197. The van der Waals surface area contributed by atoms with Gasteiger partial charge >= 0.3 is 5.97 Å². The van der Waals surface area contributed by atoms with Crippen molar-refractivity contribution >= 4 is 5.97 Å². The van der Waals surface area contributed by atoms with Crippen molar-refractivity contribution in [2.45, 2.75) is 89.1 Å². The van der Waals surface area contributed by atoms with Crippen molar-refractivity contribution in [3.05, 3.63) is 83.9 Å². The van der Waals surface area contributed by atoms with Gasteiger partial charge in [0.2, 0.25) is 0 Å². The molecule has 41 heavy (non-hydrogen) atoms. The van der Waals surface area contributed by atoms with Crippen molar-refractivity contribution in [1.82, 2.24) is 4.90 Å². The Morgan fingerprint density at radius 3 is 2.41 bits per heavy atom. The summed E-state index contributed by atoms with van der Waals surface area (Å²) in [6, 6.07) is 20.7. The van der Waals surface area contributed by atoms with Gasteiger partial charge in [0.25, 0.3) is 0 Å². The number of carbonyl (C=O) groups is 1. The summed E-state index contributed by atoms with van der Waals surface area (Å²) >= 11 is 0. The highest BCUT2D eigenvalue weighted by atomic mass is 16.7. The van der Waals surface area contributed by atoms with Crippen LogP contribution in [0.25, 0.3) is 0 Å². The Morgan fingerprint density at radius 1 is 1.00 bits per heavy atom. The molecule has 7 heteroatoms. The molecule has 0 radical (unpaired) electrons. The maximum atomic E-state index is 10.9. The van der Waals surface area contributed by atoms with Gasteiger partial charge in [-0.3, -0.25) is 9.69 Å². The minimum atomic E-state index is -0.746. The van der Waals surface area contributed by atoms with Crippen LogP contribution in [0.5, 0.6) is 0 Å². The van der Waals surface area contributed by atoms with Crippen LogP contribution in [0.15, 0.2) is 72.8 Å². The number of nitrogens with zero attached hydrogens (tertiary/aromatic N) is 1. The van der Waals surface area contributed by atoms with Gasteiger partial charge in [0.15, 0.2) is 6.29 Å². The number of carboxylic acids is 1. The quantitative estimate of drug-likeness (QED) is 0.180. The Balaban J connectivity index is 1.43. The summed E-state index contributed by atoms with van der Waals surface area (Å²) < 4.78 is 25.3. The van der Waals surface area contributed by atoms with Gasteiger partial charge in [0.1, 0.15) is 0 Å². The molecule has 2 aliphatic rings. The van der Waals surface area contributed by atoms with E-state index in [1.807, 2.05) is 36.4 Å². The largest absolute Gasteiger partial charge is 0.481 e. The van der Waals surface area contributed by atoms with Crippen LogP contribution in [0.3, 0.4) is 0 Å². The topological polar surface area (TPSA) is 77.5 Å². The van der Waals surface area contributed by atoms with E-state index in [0.29, 0.717) is 26.2 Å². The molecule has 1 heterocycles. The molecule has 2 fully saturated rings. The molecule has 0 spiro atoms. The minimum absolute atomic E-state index is 0.0107. The fourth-order valence-corrected chi connectivity index (χ4v) is 5.92. The first-order chi connectivity index (χ1) is 20.1. The molecule has 1 aliphatic heterocycles. The molecule has 7 nitrogen and oxygen atoms in total. The second-order valence-electron chi connectivity index (χ2n) is 11.2. The zero-order valence-corrected chi connectivity index (χ0v) is 24.4. The lowest BCUT2D eigenvalue weighted by Gasteiger charge is -2.36. The Morgan fingerprint density at radius 2 is 1.73 bits per heavy atom. The number of hydrogen-bond acceptors (Lipinski definition) is 6. The standard InChI is InChI=1S/C34H47NO6/c1-35(21-23-38-25-27-14-6-4-7-15-27)34-29(18-10-2-3-11-19-32(36)37)30(40-26-28-16-8-5-9-17-28)24-31(34)41-33-20-12-13-22-39-33/h2,4-10,14-17,29-31,33-34H,3,11-13,18-26H2,1H3,(H,36,37)/b10-2-/t29-,30-,31+,33?,34+/m1/s1. The highest BCUT2D eigenvalue weighted by Crippen LogP contribution is 2.38. The molecule has 1 saturated carbocycles. The van der Waals surface area contributed by atoms with Crippen LogP contribution in [0.1, 0.15) is 62.5 Å². The van der Waals surface area contributed by atoms with E-state index in [1.54, 1.807) is 0 Å². The van der Waals surface area contributed by atoms with Crippen LogP contribution in [0, 0.1) is 5.92 Å². The van der Waals surface area contributed by atoms with Gasteiger partial charge in [-0.25, -0.2) is 0 Å². The Labute approximate surface area is 245 Å². The molecule has 5 atom stereocenters. The first kappa shape index (κ1) is 31.4. The van der Waals surface area contributed by atoms with Gasteiger partial charge in [-0.1, -0.05) is 72.8 Å². The van der Waals surface area contributed by atoms with Crippen molar-refractivity contribution in [1.29, 1.82) is 0 Å². The van der Waals surface area contributed by atoms with Crippen LogP contribution < -0.4 is 0 Å². The minimum Gasteiger partial charge on any atom is -0.481 e. The van der Waals surface area contributed by atoms with Gasteiger partial charge in [0, 0.05) is 38.0 Å². The summed E-state index contributed by atoms with van der Waals surface area (Å²) in [6.07, 6.45) is 10.6. The van der Waals surface area contributed by atoms with Gasteiger partial charge in [-0.2, -0.15) is 0 Å². The highest BCUT2D eigenvalue weighted by Gasteiger charge is 2.47. The molecule has 2 aromatic rings. The third-order valence-corrected chi connectivity index (χ3v) is 8.08. The van der Waals surface area contributed by atoms with Crippen LogP contribution in [0.2, 0.25) is 0 Å². The summed E-state index contributed by atoms with van der Waals surface area (Å²) in [4.78, 5) is 13.3. The summed E-state index contributed by atoms with van der Waals surface area (Å²) in [5.74, 6) is -0.521. The van der Waals surface area contributed by atoms with Crippen molar-refractivity contribution in [2.24, 2.45) is 5.92 Å². The molecular weight excluding hydrogens is 518 g/mol. The number of unbranched alkanes of at least 4 members (excludes halogenated alkanes) is 1. The summed E-state index contributed by atoms with van der Waals surface area (Å²) in [5.41, 5.74) is 2.33. The third-order valence-electron chi connectivity index (χ3n) is 8.08. The van der Waals surface area contributed by atoms with E-state index in [1.165, 1.54) is 5.56 Å². The van der Waals surface area contributed by atoms with Crippen molar-refractivity contribution in [3.63, 3.8) is 0 Å². The molecule has 4 rings (SSSR count). The van der Waals surface area contributed by atoms with Gasteiger partial charge in [-0.15, -0.1) is 0 Å². The molecule has 1 N–H and O–H groups in total. The first-order valence-electron chi connectivity index (χ1n) is 15.2. The van der Waals surface area contributed by atoms with E-state index in [-0.39, 0.29) is 36.9 Å². The molecule has 0 aromatic heterocycles. The molecular formula is C34H47NO6. The predicted molar refractivity (Wildman–Crippen MR) is 159 cm³/mol. The summed E-state index contributed by atoms with van der Waals surface area (Å²) in [7, 11) is 2.16. The third kappa shape index (κ3) is 10.7. The van der Waals surface area contributed by atoms with Gasteiger partial charge < -0.3 is 24.1 Å². The van der Waals surface area contributed by atoms with Crippen LogP contribution in [-0.4, -0.2) is 67.3 Å². The SMILES string of the molecule is CN(CCOCc1ccccc1)[C@H]1[C@H](C/C=C\CCCC(=O)O)[C@H](OCc2ccccc2)C[C@@H]1OC1CCCCO1. The number of allylic oxidation sites excluding steroid dienone is 2. The predicted octanol–water partition coefficient (Wildman–Crippen LogP) is 6.22. The molecule has 0 bridgehead atoms. The number of aliphatic carboxylic acids is 1.